The van der Waals surface area contributed by atoms with Gasteiger partial charge in [0.25, 0.3) is 5.91 Å². The number of aryl methyl sites for hydroxylation is 1. The van der Waals surface area contributed by atoms with E-state index in [0.29, 0.717) is 34.2 Å². The van der Waals surface area contributed by atoms with E-state index in [1.54, 1.807) is 7.11 Å². The van der Waals surface area contributed by atoms with Gasteiger partial charge in [-0.25, -0.2) is 9.37 Å². The second kappa shape index (κ2) is 11.0. The number of nitrogens with two attached hydrogens (primary N) is 1. The molecule has 1 aromatic heterocycles. The number of anilines is 1. The predicted molar refractivity (Wildman–Crippen MR) is 125 cm³/mol. The van der Waals surface area contributed by atoms with E-state index in [1.807, 2.05) is 0 Å². The first-order valence-electron chi connectivity index (χ1n) is 9.50. The van der Waals surface area contributed by atoms with E-state index in [4.69, 9.17) is 38.4 Å². The molecule has 11 heteroatoms. The summed E-state index contributed by atoms with van der Waals surface area (Å²) in [5, 5.41) is 3.05. The molecule has 4 N–H and O–H groups in total. The largest absolute Gasteiger partial charge is 0.453 e. The summed E-state index contributed by atoms with van der Waals surface area (Å²) in [6, 6.07) is 7.46. The Labute approximate surface area is 202 Å². The molecular weight excluding hydrogens is 526 g/mol. The summed E-state index contributed by atoms with van der Waals surface area (Å²) in [7, 11) is 1.62. The van der Waals surface area contributed by atoms with Crippen molar-refractivity contribution in [1.82, 2.24) is 15.3 Å². The third kappa shape index (κ3) is 6.13. The summed E-state index contributed by atoms with van der Waals surface area (Å²) in [6.07, 6.45) is 1.38. The first kappa shape index (κ1) is 24.3. The summed E-state index contributed by atoms with van der Waals surface area (Å²) in [5.41, 5.74) is 6.46. The van der Waals surface area contributed by atoms with Crippen LogP contribution in [0.1, 0.15) is 28.3 Å². The Balaban J connectivity index is 1.71. The average molecular weight is 546 g/mol. The van der Waals surface area contributed by atoms with Crippen LogP contribution in [0.5, 0.6) is 11.5 Å². The van der Waals surface area contributed by atoms with E-state index in [9.17, 15) is 4.79 Å². The van der Waals surface area contributed by atoms with Gasteiger partial charge in [-0.1, -0.05) is 29.3 Å². The van der Waals surface area contributed by atoms with Crippen LogP contribution in [0, 0.1) is 5.82 Å². The molecule has 0 spiro atoms. The van der Waals surface area contributed by atoms with Crippen LogP contribution >= 0.6 is 39.1 Å². The number of benzene rings is 2. The quantitative estimate of drug-likeness (QED) is 0.243. The van der Waals surface area contributed by atoms with Gasteiger partial charge in [0, 0.05) is 49.0 Å². The lowest BCUT2D eigenvalue weighted by Gasteiger charge is -2.13. The Morgan fingerprint density at radius 2 is 2.09 bits per heavy atom. The van der Waals surface area contributed by atoms with Gasteiger partial charge in [-0.2, -0.15) is 0 Å². The number of nitrogens with one attached hydrogen (secondary N) is 2. The number of hydrogen-bond donors (Lipinski definition) is 3. The smallest absolute Gasteiger partial charge is 0.272 e. The van der Waals surface area contributed by atoms with E-state index in [-0.39, 0.29) is 34.3 Å². The Hall–Kier alpha value is -2.33. The minimum atomic E-state index is -0.710. The first-order chi connectivity index (χ1) is 15.3. The molecule has 0 atom stereocenters. The maximum atomic E-state index is 15.1. The normalized spacial score (nSPS) is 10.9. The summed E-state index contributed by atoms with van der Waals surface area (Å²) in [4.78, 5) is 19.8. The molecule has 3 rings (SSSR count). The van der Waals surface area contributed by atoms with Gasteiger partial charge < -0.3 is 25.5 Å². The number of H-pyrrole nitrogens is 1. The molecule has 2 aromatic carbocycles. The third-order valence-electron chi connectivity index (χ3n) is 4.37. The Kier molecular flexibility index (Phi) is 8.36. The monoisotopic (exact) mass is 544 g/mol. The molecule has 0 radical (unpaired) electrons. The maximum absolute atomic E-state index is 15.1. The summed E-state index contributed by atoms with van der Waals surface area (Å²) in [6.45, 7) is 0.482. The zero-order valence-electron chi connectivity index (χ0n) is 17.0. The van der Waals surface area contributed by atoms with Crippen LogP contribution in [0.25, 0.3) is 0 Å². The number of aromatic nitrogens is 2. The molecule has 0 aliphatic rings. The standard InChI is InChI=1S/C21H20BrCl2FN4O3/c1-31-6-2-3-16-28-18(20(22)29-16)21(30)27-10-11-4-5-15(24)19(17(11)25)32-14-8-12(23)7-13(26)9-14/h4-5,7-9H,2-3,6,10,26H2,1H3,(H,27,30)(H,28,29). The molecule has 1 amide bonds. The summed E-state index contributed by atoms with van der Waals surface area (Å²) >= 11 is 15.4. The second-order valence-corrected chi connectivity index (χ2v) is 8.43. The number of methoxy groups -OCH3 is 1. The topological polar surface area (TPSA) is 102 Å². The number of ether oxygens (including phenoxy) is 2. The van der Waals surface area contributed by atoms with E-state index < -0.39 is 11.7 Å². The lowest BCUT2D eigenvalue weighted by Crippen LogP contribution is -2.24. The molecule has 0 saturated carbocycles. The SMILES string of the molecule is COCCCc1nc(C(=O)NCc2ccc(Cl)c(Oc3cc(N)cc(Cl)c3)c2F)c(Br)[nH]1. The number of halogens is 4. The number of nitrogens with zero attached hydrogens (tertiary/aromatic N) is 1. The fourth-order valence-corrected chi connectivity index (χ4v) is 3.79. The highest BCUT2D eigenvalue weighted by Crippen LogP contribution is 2.35. The van der Waals surface area contributed by atoms with Crippen LogP contribution in [0.4, 0.5) is 10.1 Å². The zero-order valence-corrected chi connectivity index (χ0v) is 20.1. The van der Waals surface area contributed by atoms with Gasteiger partial charge in [0.05, 0.1) is 5.02 Å². The minimum Gasteiger partial charge on any atom is -0.453 e. The van der Waals surface area contributed by atoms with Gasteiger partial charge in [-0.05, 0) is 40.5 Å². The van der Waals surface area contributed by atoms with Crippen molar-refractivity contribution in [1.29, 1.82) is 0 Å². The number of aromatic amines is 1. The lowest BCUT2D eigenvalue weighted by atomic mass is 10.2. The van der Waals surface area contributed by atoms with E-state index >= 15 is 4.39 Å². The van der Waals surface area contributed by atoms with Crippen LogP contribution in [0.2, 0.25) is 10.0 Å². The fourth-order valence-electron chi connectivity index (χ4n) is 2.87. The zero-order chi connectivity index (χ0) is 23.3. The Morgan fingerprint density at radius 1 is 1.31 bits per heavy atom. The predicted octanol–water partition coefficient (Wildman–Crippen LogP) is 5.50. The molecule has 3 aromatic rings. The highest BCUT2D eigenvalue weighted by atomic mass is 79.9. The molecule has 0 saturated heterocycles. The second-order valence-electron chi connectivity index (χ2n) is 6.80. The molecule has 0 bridgehead atoms. The Morgan fingerprint density at radius 3 is 2.81 bits per heavy atom. The maximum Gasteiger partial charge on any atom is 0.272 e. The molecule has 7 nitrogen and oxygen atoms in total. The number of carbonyl (C=O) groups is 1. The van der Waals surface area contributed by atoms with E-state index in [2.05, 4.69) is 31.2 Å². The average Bonchev–Trinajstić information content (AvgIpc) is 3.10. The fraction of sp³-hybridized carbons (Fsp3) is 0.238. The molecule has 170 valence electrons. The van der Waals surface area contributed by atoms with Crippen LogP contribution < -0.4 is 15.8 Å². The van der Waals surface area contributed by atoms with Crippen molar-refractivity contribution in [3.8, 4) is 11.5 Å². The number of hydrogen-bond acceptors (Lipinski definition) is 5. The molecule has 0 unspecified atom stereocenters. The van der Waals surface area contributed by atoms with Gasteiger partial charge >= 0.3 is 0 Å². The number of imidazole rings is 1. The van der Waals surface area contributed by atoms with Crippen molar-refractivity contribution < 1.29 is 18.7 Å². The summed E-state index contributed by atoms with van der Waals surface area (Å²) < 4.78 is 26.1. The van der Waals surface area contributed by atoms with E-state index in [1.165, 1.54) is 30.3 Å². The highest BCUT2D eigenvalue weighted by Gasteiger charge is 2.19. The Bertz CT molecular complexity index is 1110. The number of rotatable bonds is 9. The minimum absolute atomic E-state index is 0.0619. The van der Waals surface area contributed by atoms with Crippen molar-refractivity contribution in [3.63, 3.8) is 0 Å². The van der Waals surface area contributed by atoms with Crippen molar-refractivity contribution in [2.45, 2.75) is 19.4 Å². The first-order valence-corrected chi connectivity index (χ1v) is 11.1. The van der Waals surface area contributed by atoms with Gasteiger partial charge in [0.15, 0.2) is 17.3 Å². The van der Waals surface area contributed by atoms with Gasteiger partial charge in [-0.15, -0.1) is 0 Å². The number of amides is 1. The molecular formula is C21H20BrCl2FN4O3. The van der Waals surface area contributed by atoms with Crippen LogP contribution in [0.15, 0.2) is 34.9 Å². The third-order valence-corrected chi connectivity index (χ3v) is 5.46. The van der Waals surface area contributed by atoms with E-state index in [0.717, 1.165) is 6.42 Å². The van der Waals surface area contributed by atoms with Gasteiger partial charge in [0.1, 0.15) is 16.2 Å². The molecule has 0 fully saturated rings. The highest BCUT2D eigenvalue weighted by molar-refractivity contribution is 9.10. The van der Waals surface area contributed by atoms with Gasteiger partial charge in [-0.3, -0.25) is 4.79 Å². The molecule has 0 aliphatic carbocycles. The van der Waals surface area contributed by atoms with Crippen LogP contribution in [-0.2, 0) is 17.7 Å². The van der Waals surface area contributed by atoms with Crippen molar-refractivity contribution in [2.24, 2.45) is 0 Å². The van der Waals surface area contributed by atoms with Crippen molar-refractivity contribution >= 4 is 50.7 Å². The number of nitrogen functional groups attached to an aromatic ring is 1. The lowest BCUT2D eigenvalue weighted by molar-refractivity contribution is 0.0945. The molecule has 0 aliphatic heterocycles. The van der Waals surface area contributed by atoms with Crippen LogP contribution in [-0.4, -0.2) is 29.6 Å². The van der Waals surface area contributed by atoms with Crippen molar-refractivity contribution in [3.05, 3.63) is 67.9 Å². The van der Waals surface area contributed by atoms with Gasteiger partial charge in [0.2, 0.25) is 0 Å². The van der Waals surface area contributed by atoms with Crippen molar-refractivity contribution in [2.75, 3.05) is 19.5 Å². The summed E-state index contributed by atoms with van der Waals surface area (Å²) in [5.74, 6) is -0.489. The number of carbonyl (C=O) groups excluding carboxylic acids is 1. The molecule has 1 heterocycles. The molecule has 32 heavy (non-hydrogen) atoms. The van der Waals surface area contributed by atoms with Crippen LogP contribution in [0.3, 0.4) is 0 Å².